The summed E-state index contributed by atoms with van der Waals surface area (Å²) in [5, 5.41) is 0. The zero-order valence-electron chi connectivity index (χ0n) is 9.66. The van der Waals surface area contributed by atoms with Crippen LogP contribution in [-0.4, -0.2) is 12.6 Å². The summed E-state index contributed by atoms with van der Waals surface area (Å²) < 4.78 is 31.4. The van der Waals surface area contributed by atoms with Crippen molar-refractivity contribution < 1.29 is 13.5 Å². The van der Waals surface area contributed by atoms with Crippen LogP contribution < -0.4 is 5.73 Å². The van der Waals surface area contributed by atoms with E-state index in [1.165, 1.54) is 6.07 Å². The van der Waals surface area contributed by atoms with E-state index in [1.54, 1.807) is 6.07 Å². The minimum absolute atomic E-state index is 0.160. The molecule has 0 aliphatic heterocycles. The zero-order chi connectivity index (χ0) is 12.3. The van der Waals surface area contributed by atoms with Crippen LogP contribution in [0.5, 0.6) is 0 Å². The highest BCUT2D eigenvalue weighted by Crippen LogP contribution is 2.28. The van der Waals surface area contributed by atoms with Crippen molar-refractivity contribution >= 4 is 0 Å². The van der Waals surface area contributed by atoms with Gasteiger partial charge in [0.1, 0.15) is 0 Å². The van der Waals surface area contributed by atoms with Gasteiger partial charge in [0.05, 0.1) is 12.7 Å². The lowest BCUT2D eigenvalue weighted by atomic mass is 10.1. The number of hydrogen-bond donors (Lipinski definition) is 1. The van der Waals surface area contributed by atoms with Gasteiger partial charge in [-0.1, -0.05) is 12.5 Å². The molecule has 0 heterocycles. The molecule has 1 aliphatic carbocycles. The van der Waals surface area contributed by atoms with Gasteiger partial charge in [-0.25, -0.2) is 8.78 Å². The second-order valence-corrected chi connectivity index (χ2v) is 4.52. The summed E-state index contributed by atoms with van der Waals surface area (Å²) in [7, 11) is 0. The molecule has 1 fully saturated rings. The number of hydrogen-bond acceptors (Lipinski definition) is 2. The molecule has 0 saturated heterocycles. The second kappa shape index (κ2) is 5.56. The van der Waals surface area contributed by atoms with Crippen molar-refractivity contribution in [1.29, 1.82) is 0 Å². The molecule has 0 aromatic heterocycles. The number of halogens is 2. The molecule has 1 saturated carbocycles. The van der Waals surface area contributed by atoms with Crippen molar-refractivity contribution in [3.8, 4) is 0 Å². The predicted octanol–water partition coefficient (Wildman–Crippen LogP) is 2.61. The van der Waals surface area contributed by atoms with Crippen LogP contribution in [0.1, 0.15) is 24.8 Å². The van der Waals surface area contributed by atoms with Gasteiger partial charge in [-0.3, -0.25) is 0 Å². The Morgan fingerprint density at radius 3 is 2.76 bits per heavy atom. The number of benzene rings is 1. The first-order valence-electron chi connectivity index (χ1n) is 5.96. The summed E-state index contributed by atoms with van der Waals surface area (Å²) in [6.45, 7) is 0.945. The molecule has 1 aliphatic rings. The molecule has 2 N–H and O–H groups in total. The van der Waals surface area contributed by atoms with E-state index in [0.717, 1.165) is 25.3 Å². The van der Waals surface area contributed by atoms with Gasteiger partial charge >= 0.3 is 0 Å². The molecule has 1 aromatic rings. The van der Waals surface area contributed by atoms with Gasteiger partial charge in [0.15, 0.2) is 11.6 Å². The Morgan fingerprint density at radius 1 is 1.24 bits per heavy atom. The predicted molar refractivity (Wildman–Crippen MR) is 61.3 cm³/mol. The van der Waals surface area contributed by atoms with Crippen LogP contribution in [-0.2, 0) is 11.3 Å². The Bertz CT molecular complexity index is 384. The highest BCUT2D eigenvalue weighted by atomic mass is 19.2. The fourth-order valence-electron chi connectivity index (χ4n) is 2.32. The first-order valence-corrected chi connectivity index (χ1v) is 5.96. The zero-order valence-corrected chi connectivity index (χ0v) is 9.66. The van der Waals surface area contributed by atoms with Gasteiger partial charge in [-0.15, -0.1) is 0 Å². The summed E-state index contributed by atoms with van der Waals surface area (Å²) in [6.07, 6.45) is 3.39. The van der Waals surface area contributed by atoms with E-state index in [-0.39, 0.29) is 6.10 Å². The fourth-order valence-corrected chi connectivity index (χ4v) is 2.32. The summed E-state index contributed by atoms with van der Waals surface area (Å²) in [5.41, 5.74) is 6.31. The van der Waals surface area contributed by atoms with Crippen LogP contribution in [0.2, 0.25) is 0 Å². The molecule has 2 atom stereocenters. The SMILES string of the molecule is NCC1CCCC1OCc1ccc(F)c(F)c1. The Hall–Kier alpha value is -1.00. The summed E-state index contributed by atoms with van der Waals surface area (Å²) in [6, 6.07) is 3.86. The lowest BCUT2D eigenvalue weighted by molar-refractivity contribution is 0.0181. The molecule has 1 aromatic carbocycles. The topological polar surface area (TPSA) is 35.2 Å². The molecular formula is C13H17F2NO. The van der Waals surface area contributed by atoms with Gasteiger partial charge in [-0.2, -0.15) is 0 Å². The Kier molecular flexibility index (Phi) is 4.07. The Morgan fingerprint density at radius 2 is 2.06 bits per heavy atom. The largest absolute Gasteiger partial charge is 0.373 e. The molecule has 2 rings (SSSR count). The summed E-state index contributed by atoms with van der Waals surface area (Å²) >= 11 is 0. The molecule has 0 spiro atoms. The minimum Gasteiger partial charge on any atom is -0.373 e. The third-order valence-corrected chi connectivity index (χ3v) is 3.34. The lowest BCUT2D eigenvalue weighted by Gasteiger charge is -2.18. The van der Waals surface area contributed by atoms with Crippen LogP contribution >= 0.6 is 0 Å². The fraction of sp³-hybridized carbons (Fsp3) is 0.538. The third-order valence-electron chi connectivity index (χ3n) is 3.34. The van der Waals surface area contributed by atoms with Crippen LogP contribution in [0.25, 0.3) is 0 Å². The average molecular weight is 241 g/mol. The molecule has 94 valence electrons. The lowest BCUT2D eigenvalue weighted by Crippen LogP contribution is -2.25. The Labute approximate surface area is 99.8 Å². The number of ether oxygens (including phenoxy) is 1. The van der Waals surface area contributed by atoms with Crippen molar-refractivity contribution in [3.63, 3.8) is 0 Å². The number of nitrogens with two attached hydrogens (primary N) is 1. The van der Waals surface area contributed by atoms with Crippen molar-refractivity contribution in [2.45, 2.75) is 32.0 Å². The van der Waals surface area contributed by atoms with Gasteiger partial charge in [0.25, 0.3) is 0 Å². The molecular weight excluding hydrogens is 224 g/mol. The molecule has 2 unspecified atom stereocenters. The summed E-state index contributed by atoms with van der Waals surface area (Å²) in [4.78, 5) is 0. The van der Waals surface area contributed by atoms with Crippen LogP contribution in [0.15, 0.2) is 18.2 Å². The molecule has 0 amide bonds. The maximum atomic E-state index is 13.0. The van der Waals surface area contributed by atoms with Gasteiger partial charge in [0, 0.05) is 0 Å². The van der Waals surface area contributed by atoms with Crippen LogP contribution in [0.3, 0.4) is 0 Å². The quantitative estimate of drug-likeness (QED) is 0.879. The first kappa shape index (κ1) is 12.5. The molecule has 0 radical (unpaired) electrons. The summed E-state index contributed by atoms with van der Waals surface area (Å²) in [5.74, 6) is -1.25. The molecule has 0 bridgehead atoms. The van der Waals surface area contributed by atoms with E-state index in [0.29, 0.717) is 24.6 Å². The molecule has 4 heteroatoms. The van der Waals surface area contributed by atoms with Crippen LogP contribution in [0.4, 0.5) is 8.78 Å². The van der Waals surface area contributed by atoms with Crippen molar-refractivity contribution in [2.24, 2.45) is 11.7 Å². The van der Waals surface area contributed by atoms with Crippen molar-refractivity contribution in [1.82, 2.24) is 0 Å². The highest BCUT2D eigenvalue weighted by Gasteiger charge is 2.26. The maximum absolute atomic E-state index is 13.0. The average Bonchev–Trinajstić information content (AvgIpc) is 2.78. The van der Waals surface area contributed by atoms with Gasteiger partial charge < -0.3 is 10.5 Å². The van der Waals surface area contributed by atoms with E-state index >= 15 is 0 Å². The van der Waals surface area contributed by atoms with E-state index in [1.807, 2.05) is 0 Å². The Balaban J connectivity index is 1.91. The molecule has 17 heavy (non-hydrogen) atoms. The standard InChI is InChI=1S/C13H17F2NO/c14-11-5-4-9(6-12(11)15)8-17-13-3-1-2-10(13)7-16/h4-6,10,13H,1-3,7-8,16H2. The third kappa shape index (κ3) is 3.01. The van der Waals surface area contributed by atoms with E-state index < -0.39 is 11.6 Å². The van der Waals surface area contributed by atoms with Gasteiger partial charge in [-0.05, 0) is 43.0 Å². The van der Waals surface area contributed by atoms with Gasteiger partial charge in [0.2, 0.25) is 0 Å². The first-order chi connectivity index (χ1) is 8.20. The number of rotatable bonds is 4. The van der Waals surface area contributed by atoms with Crippen molar-refractivity contribution in [3.05, 3.63) is 35.4 Å². The maximum Gasteiger partial charge on any atom is 0.159 e. The monoisotopic (exact) mass is 241 g/mol. The highest BCUT2D eigenvalue weighted by molar-refractivity contribution is 5.16. The van der Waals surface area contributed by atoms with E-state index in [2.05, 4.69) is 0 Å². The second-order valence-electron chi connectivity index (χ2n) is 4.52. The van der Waals surface area contributed by atoms with E-state index in [4.69, 9.17) is 10.5 Å². The van der Waals surface area contributed by atoms with Crippen molar-refractivity contribution in [2.75, 3.05) is 6.54 Å². The molecule has 2 nitrogen and oxygen atoms in total. The smallest absolute Gasteiger partial charge is 0.159 e. The normalized spacial score (nSPS) is 24.2. The van der Waals surface area contributed by atoms with E-state index in [9.17, 15) is 8.78 Å². The van der Waals surface area contributed by atoms with Crippen LogP contribution in [0, 0.1) is 17.6 Å². The minimum atomic E-state index is -0.826.